The van der Waals surface area contributed by atoms with Crippen LogP contribution in [0, 0.1) is 0 Å². The average molecular weight is 293 g/mol. The molecule has 0 amide bonds. The van der Waals surface area contributed by atoms with Crippen LogP contribution in [0.5, 0.6) is 5.75 Å². The van der Waals surface area contributed by atoms with Gasteiger partial charge in [-0.15, -0.1) is 0 Å². The molecule has 0 fully saturated rings. The van der Waals surface area contributed by atoms with Crippen LogP contribution in [0.25, 0.3) is 0 Å². The minimum atomic E-state index is -0.0640. The number of benzene rings is 1. The van der Waals surface area contributed by atoms with E-state index in [2.05, 4.69) is 44.1 Å². The van der Waals surface area contributed by atoms with Crippen molar-refractivity contribution in [3.8, 4) is 5.75 Å². The monoisotopic (exact) mass is 293 g/mol. The Morgan fingerprint density at radius 2 is 1.81 bits per heavy atom. The molecule has 1 rings (SSSR count). The van der Waals surface area contributed by atoms with Crippen molar-refractivity contribution in [3.05, 3.63) is 29.8 Å². The van der Waals surface area contributed by atoms with E-state index < -0.39 is 0 Å². The lowest BCUT2D eigenvalue weighted by atomic mass is 9.82. The molecular formula is C17H31N3O. The van der Waals surface area contributed by atoms with Gasteiger partial charge in [0.25, 0.3) is 0 Å². The maximum atomic E-state index is 5.95. The number of para-hydroxylation sites is 1. The predicted octanol–water partition coefficient (Wildman–Crippen LogP) is 3.10. The lowest BCUT2D eigenvalue weighted by molar-refractivity contribution is 0.0686. The van der Waals surface area contributed by atoms with Crippen molar-refractivity contribution in [2.24, 2.45) is 5.84 Å². The van der Waals surface area contributed by atoms with Crippen molar-refractivity contribution in [3.63, 3.8) is 0 Å². The molecule has 0 aliphatic heterocycles. The van der Waals surface area contributed by atoms with Gasteiger partial charge in [-0.2, -0.15) is 0 Å². The molecule has 2 atom stereocenters. The molecule has 1 aromatic rings. The second-order valence-electron chi connectivity index (χ2n) is 5.45. The summed E-state index contributed by atoms with van der Waals surface area (Å²) < 4.78 is 5.79. The zero-order chi connectivity index (χ0) is 15.9. The summed E-state index contributed by atoms with van der Waals surface area (Å²) in [4.78, 5) is 2.46. The molecule has 1 aromatic carbocycles. The Morgan fingerprint density at radius 1 is 1.19 bits per heavy atom. The van der Waals surface area contributed by atoms with Gasteiger partial charge in [0.15, 0.2) is 0 Å². The van der Waals surface area contributed by atoms with E-state index in [1.807, 2.05) is 25.1 Å². The Kier molecular flexibility index (Phi) is 7.15. The van der Waals surface area contributed by atoms with E-state index in [4.69, 9.17) is 10.6 Å². The van der Waals surface area contributed by atoms with Crippen LogP contribution in [-0.4, -0.2) is 30.1 Å². The Balaban J connectivity index is 3.27. The molecule has 0 bridgehead atoms. The third kappa shape index (κ3) is 3.76. The molecule has 0 aliphatic rings. The van der Waals surface area contributed by atoms with E-state index in [0.717, 1.165) is 30.8 Å². The average Bonchev–Trinajstić information content (AvgIpc) is 2.51. The van der Waals surface area contributed by atoms with Crippen molar-refractivity contribution >= 4 is 0 Å². The summed E-state index contributed by atoms with van der Waals surface area (Å²) in [5, 5.41) is 0. The molecule has 0 aliphatic carbocycles. The normalized spacial score (nSPS) is 15.8. The number of nitrogens with zero attached hydrogens (tertiary/aromatic N) is 1. The lowest BCUT2D eigenvalue weighted by Crippen LogP contribution is -2.55. The largest absolute Gasteiger partial charge is 0.494 e. The summed E-state index contributed by atoms with van der Waals surface area (Å²) in [6.45, 7) is 13.5. The van der Waals surface area contributed by atoms with E-state index >= 15 is 0 Å². The molecule has 0 aromatic heterocycles. The number of rotatable bonds is 9. The van der Waals surface area contributed by atoms with E-state index in [1.54, 1.807) is 0 Å². The summed E-state index contributed by atoms with van der Waals surface area (Å²) in [6, 6.07) is 8.18. The molecule has 0 heterocycles. The van der Waals surface area contributed by atoms with Gasteiger partial charge >= 0.3 is 0 Å². The minimum Gasteiger partial charge on any atom is -0.494 e. The first-order valence-corrected chi connectivity index (χ1v) is 8.01. The Morgan fingerprint density at radius 3 is 2.29 bits per heavy atom. The van der Waals surface area contributed by atoms with E-state index in [-0.39, 0.29) is 11.6 Å². The fraction of sp³-hybridized carbons (Fsp3) is 0.647. The topological polar surface area (TPSA) is 50.5 Å². The van der Waals surface area contributed by atoms with Crippen LogP contribution in [0.2, 0.25) is 0 Å². The maximum absolute atomic E-state index is 5.95. The van der Waals surface area contributed by atoms with Gasteiger partial charge in [0.1, 0.15) is 5.75 Å². The molecular weight excluding hydrogens is 262 g/mol. The molecule has 0 saturated heterocycles. The summed E-state index contributed by atoms with van der Waals surface area (Å²) in [5.41, 5.74) is 4.10. The summed E-state index contributed by atoms with van der Waals surface area (Å²) in [7, 11) is 0. The van der Waals surface area contributed by atoms with Gasteiger partial charge in [0.2, 0.25) is 0 Å². The van der Waals surface area contributed by atoms with Gasteiger partial charge < -0.3 is 4.74 Å². The van der Waals surface area contributed by atoms with Crippen molar-refractivity contribution < 1.29 is 4.74 Å². The molecule has 21 heavy (non-hydrogen) atoms. The van der Waals surface area contributed by atoms with Crippen LogP contribution >= 0.6 is 0 Å². The van der Waals surface area contributed by atoms with Crippen molar-refractivity contribution in [2.45, 2.75) is 52.6 Å². The number of hydrogen-bond acceptors (Lipinski definition) is 4. The molecule has 3 N–H and O–H groups in total. The fourth-order valence-electron chi connectivity index (χ4n) is 3.17. The fourth-order valence-corrected chi connectivity index (χ4v) is 3.17. The van der Waals surface area contributed by atoms with E-state index in [9.17, 15) is 0 Å². The highest BCUT2D eigenvalue weighted by molar-refractivity contribution is 5.38. The van der Waals surface area contributed by atoms with Gasteiger partial charge in [-0.25, -0.2) is 0 Å². The van der Waals surface area contributed by atoms with Crippen LogP contribution in [0.3, 0.4) is 0 Å². The summed E-state index contributed by atoms with van der Waals surface area (Å²) >= 11 is 0. The Labute approximate surface area is 129 Å². The quantitative estimate of drug-likeness (QED) is 0.542. The number of nitrogens with one attached hydrogen (secondary N) is 1. The van der Waals surface area contributed by atoms with Crippen LogP contribution < -0.4 is 16.0 Å². The maximum Gasteiger partial charge on any atom is 0.124 e. The smallest absolute Gasteiger partial charge is 0.124 e. The van der Waals surface area contributed by atoms with Gasteiger partial charge in [-0.3, -0.25) is 16.2 Å². The Bertz CT molecular complexity index is 420. The van der Waals surface area contributed by atoms with Gasteiger partial charge in [0.05, 0.1) is 12.6 Å². The van der Waals surface area contributed by atoms with Gasteiger partial charge in [0, 0.05) is 11.1 Å². The minimum absolute atomic E-state index is 0.0187. The van der Waals surface area contributed by atoms with Gasteiger partial charge in [-0.1, -0.05) is 39.0 Å². The standard InChI is InChI=1S/C17H31N3O/c1-6-17(5,20(7-2)8-3)16(19-18)14-12-10-11-13-15(14)21-9-4/h10-13,16,19H,6-9,18H2,1-5H3. The number of nitrogens with two attached hydrogens (primary N) is 1. The molecule has 120 valence electrons. The van der Waals surface area contributed by atoms with Crippen LogP contribution in [-0.2, 0) is 0 Å². The highest BCUT2D eigenvalue weighted by Gasteiger charge is 2.38. The summed E-state index contributed by atoms with van der Waals surface area (Å²) in [6.07, 6.45) is 1.00. The summed E-state index contributed by atoms with van der Waals surface area (Å²) in [5.74, 6) is 6.86. The van der Waals surface area contributed by atoms with Crippen molar-refractivity contribution in [1.82, 2.24) is 10.3 Å². The zero-order valence-corrected chi connectivity index (χ0v) is 14.1. The number of likely N-dealkylation sites (N-methyl/N-ethyl adjacent to an activating group) is 1. The first-order chi connectivity index (χ1) is 10.1. The van der Waals surface area contributed by atoms with Crippen LogP contribution in [0.4, 0.5) is 0 Å². The highest BCUT2D eigenvalue weighted by Crippen LogP contribution is 2.37. The molecule has 4 heteroatoms. The van der Waals surface area contributed by atoms with Gasteiger partial charge in [-0.05, 0) is 39.4 Å². The SMILES string of the molecule is CCOc1ccccc1C(NN)C(C)(CC)N(CC)CC. The molecule has 4 nitrogen and oxygen atoms in total. The predicted molar refractivity (Wildman–Crippen MR) is 89.3 cm³/mol. The first-order valence-electron chi connectivity index (χ1n) is 8.01. The van der Waals surface area contributed by atoms with Crippen LogP contribution in [0.15, 0.2) is 24.3 Å². The lowest BCUT2D eigenvalue weighted by Gasteiger charge is -2.45. The molecule has 0 spiro atoms. The molecule has 2 unspecified atom stereocenters. The second kappa shape index (κ2) is 8.37. The first kappa shape index (κ1) is 18.0. The Hall–Kier alpha value is -1.10. The van der Waals surface area contributed by atoms with Crippen molar-refractivity contribution in [1.29, 1.82) is 0 Å². The van der Waals surface area contributed by atoms with Crippen LogP contribution in [0.1, 0.15) is 52.6 Å². The number of hydrazine groups is 1. The molecule has 0 saturated carbocycles. The third-order valence-corrected chi connectivity index (χ3v) is 4.52. The number of ether oxygens (including phenoxy) is 1. The zero-order valence-electron chi connectivity index (χ0n) is 14.1. The van der Waals surface area contributed by atoms with E-state index in [0.29, 0.717) is 6.61 Å². The van der Waals surface area contributed by atoms with E-state index in [1.165, 1.54) is 0 Å². The molecule has 0 radical (unpaired) electrons. The number of hydrogen-bond donors (Lipinski definition) is 2. The highest BCUT2D eigenvalue weighted by atomic mass is 16.5. The third-order valence-electron chi connectivity index (χ3n) is 4.52. The second-order valence-corrected chi connectivity index (χ2v) is 5.45. The van der Waals surface area contributed by atoms with Crippen molar-refractivity contribution in [2.75, 3.05) is 19.7 Å².